The molecule has 0 unspecified atom stereocenters. The van der Waals surface area contributed by atoms with E-state index in [2.05, 4.69) is 10.2 Å². The largest absolute Gasteiger partial charge is 0.240 e. The predicted molar refractivity (Wildman–Crippen MR) is 40.5 cm³/mol. The van der Waals surface area contributed by atoms with Crippen LogP contribution in [0.2, 0.25) is 0 Å². The standard InChI is InChI=1S/C7H6N3/c1-2-7(3-1)6-10-8-4-5-9-10/h1-6H/q+1. The highest BCUT2D eigenvalue weighted by atomic mass is 15.6. The fourth-order valence-corrected chi connectivity index (χ4v) is 0.719. The summed E-state index contributed by atoms with van der Waals surface area (Å²) >= 11 is 0. The van der Waals surface area contributed by atoms with Crippen LogP contribution in [-0.4, -0.2) is 23.4 Å². The van der Waals surface area contributed by atoms with E-state index in [1.54, 1.807) is 12.4 Å². The third-order valence-corrected chi connectivity index (χ3v) is 1.28. The van der Waals surface area contributed by atoms with Gasteiger partial charge < -0.3 is 0 Å². The fraction of sp³-hybridized carbons (Fsp3) is 0. The molecule has 0 saturated carbocycles. The van der Waals surface area contributed by atoms with Gasteiger partial charge in [0.15, 0.2) is 0 Å². The Balaban J connectivity index is 2.17. The van der Waals surface area contributed by atoms with Crippen LogP contribution in [0.25, 0.3) is 0 Å². The van der Waals surface area contributed by atoms with Crippen molar-refractivity contribution >= 4 is 18.6 Å². The lowest BCUT2D eigenvalue weighted by Gasteiger charge is -1.92. The monoisotopic (exact) mass is 132 g/mol. The normalized spacial score (nSPS) is 19.2. The van der Waals surface area contributed by atoms with Gasteiger partial charge in [0.25, 0.3) is 0 Å². The Labute approximate surface area is 58.4 Å². The van der Waals surface area contributed by atoms with Crippen LogP contribution in [-0.2, 0) is 0 Å². The molecule has 0 saturated heterocycles. The first kappa shape index (κ1) is 5.29. The minimum atomic E-state index is 1.15. The van der Waals surface area contributed by atoms with Gasteiger partial charge in [0, 0.05) is 15.8 Å². The number of nitrogens with zero attached hydrogens (tertiary/aromatic N) is 3. The maximum Gasteiger partial charge on any atom is 0.240 e. The van der Waals surface area contributed by atoms with Crippen LogP contribution in [0, 0.1) is 0 Å². The summed E-state index contributed by atoms with van der Waals surface area (Å²) in [6, 6.07) is 0. The van der Waals surface area contributed by atoms with E-state index < -0.39 is 0 Å². The molecular weight excluding hydrogens is 126 g/mol. The van der Waals surface area contributed by atoms with Gasteiger partial charge in [-0.25, -0.2) is 0 Å². The Morgan fingerprint density at radius 2 is 2.00 bits per heavy atom. The van der Waals surface area contributed by atoms with E-state index in [1.165, 1.54) is 4.79 Å². The minimum Gasteiger partial charge on any atom is -0.0606 e. The molecule has 0 amide bonds. The predicted octanol–water partition coefficient (Wildman–Crippen LogP) is 0.551. The van der Waals surface area contributed by atoms with Gasteiger partial charge in [-0.15, -0.1) is 0 Å². The number of hydrazone groups is 2. The third-order valence-electron chi connectivity index (χ3n) is 1.28. The first-order valence-corrected chi connectivity index (χ1v) is 3.04. The molecule has 48 valence electrons. The molecule has 0 bridgehead atoms. The molecule has 1 heterocycles. The van der Waals surface area contributed by atoms with Crippen molar-refractivity contribution in [3.05, 3.63) is 23.8 Å². The second-order valence-corrected chi connectivity index (χ2v) is 2.00. The van der Waals surface area contributed by atoms with Crippen molar-refractivity contribution in [3.8, 4) is 0 Å². The highest BCUT2D eigenvalue weighted by molar-refractivity contribution is 6.16. The van der Waals surface area contributed by atoms with Crippen LogP contribution >= 0.6 is 0 Å². The molecular formula is C7H6N3+. The molecule has 0 radical (unpaired) electrons. The van der Waals surface area contributed by atoms with Crippen LogP contribution in [0.4, 0.5) is 0 Å². The van der Waals surface area contributed by atoms with Gasteiger partial charge in [-0.2, -0.15) is 0 Å². The number of hydrogen-bond acceptors (Lipinski definition) is 2. The number of allylic oxidation sites excluding steroid dienone is 4. The van der Waals surface area contributed by atoms with E-state index in [0.717, 1.165) is 5.57 Å². The molecule has 1 aliphatic heterocycles. The fourth-order valence-electron chi connectivity index (χ4n) is 0.719. The first-order valence-electron chi connectivity index (χ1n) is 3.04. The van der Waals surface area contributed by atoms with E-state index in [4.69, 9.17) is 0 Å². The molecule has 3 heteroatoms. The van der Waals surface area contributed by atoms with Gasteiger partial charge in [-0.3, -0.25) is 0 Å². The van der Waals surface area contributed by atoms with Crippen molar-refractivity contribution in [2.45, 2.75) is 0 Å². The molecule has 2 rings (SSSR count). The molecule has 0 atom stereocenters. The molecule has 2 aliphatic rings. The molecule has 0 aromatic carbocycles. The summed E-state index contributed by atoms with van der Waals surface area (Å²) in [7, 11) is 0. The van der Waals surface area contributed by atoms with Crippen LogP contribution < -0.4 is 0 Å². The Hall–Kier alpha value is -1.51. The smallest absolute Gasteiger partial charge is 0.0606 e. The lowest BCUT2D eigenvalue weighted by Crippen LogP contribution is -1.97. The van der Waals surface area contributed by atoms with Crippen molar-refractivity contribution in [2.24, 2.45) is 10.2 Å². The average Bonchev–Trinajstić information content (AvgIpc) is 2.29. The molecule has 0 aromatic heterocycles. The average molecular weight is 132 g/mol. The van der Waals surface area contributed by atoms with E-state index in [1.807, 2.05) is 24.4 Å². The summed E-state index contributed by atoms with van der Waals surface area (Å²) in [5.74, 6) is 0. The van der Waals surface area contributed by atoms with Gasteiger partial charge in [0.05, 0.1) is 4.79 Å². The molecule has 1 aliphatic carbocycles. The summed E-state index contributed by atoms with van der Waals surface area (Å²) in [5, 5.41) is 7.83. The van der Waals surface area contributed by atoms with Crippen molar-refractivity contribution in [3.63, 3.8) is 0 Å². The molecule has 0 N–H and O–H groups in total. The number of rotatable bonds is 1. The van der Waals surface area contributed by atoms with Crippen molar-refractivity contribution in [2.75, 3.05) is 0 Å². The summed E-state index contributed by atoms with van der Waals surface area (Å²) < 4.78 is 0. The van der Waals surface area contributed by atoms with Crippen LogP contribution in [0.3, 0.4) is 0 Å². The van der Waals surface area contributed by atoms with Crippen LogP contribution in [0.1, 0.15) is 0 Å². The lowest BCUT2D eigenvalue weighted by molar-refractivity contribution is -0.529. The SMILES string of the molecule is C1=CC(C=[N+]2N=CC=N2)=C1. The van der Waals surface area contributed by atoms with Crippen LogP contribution in [0.5, 0.6) is 0 Å². The second kappa shape index (κ2) is 2.02. The zero-order valence-electron chi connectivity index (χ0n) is 5.31. The summed E-state index contributed by atoms with van der Waals surface area (Å²) in [5.41, 5.74) is 1.15. The molecule has 0 fully saturated rings. The zero-order valence-corrected chi connectivity index (χ0v) is 5.31. The van der Waals surface area contributed by atoms with Crippen molar-refractivity contribution in [1.82, 2.24) is 0 Å². The van der Waals surface area contributed by atoms with Crippen LogP contribution in [0.15, 0.2) is 34.0 Å². The van der Waals surface area contributed by atoms with E-state index in [-0.39, 0.29) is 0 Å². The first-order chi connectivity index (χ1) is 4.95. The maximum absolute atomic E-state index is 3.91. The Morgan fingerprint density at radius 3 is 2.50 bits per heavy atom. The second-order valence-electron chi connectivity index (χ2n) is 2.00. The summed E-state index contributed by atoms with van der Waals surface area (Å²) in [6.07, 6.45) is 11.2. The highest BCUT2D eigenvalue weighted by Gasteiger charge is 2.06. The maximum atomic E-state index is 3.91. The van der Waals surface area contributed by atoms with Gasteiger partial charge in [0.1, 0.15) is 12.4 Å². The Morgan fingerprint density at radius 1 is 1.30 bits per heavy atom. The van der Waals surface area contributed by atoms with E-state index in [0.29, 0.717) is 0 Å². The molecule has 0 spiro atoms. The third kappa shape index (κ3) is 0.815. The van der Waals surface area contributed by atoms with Gasteiger partial charge in [0.2, 0.25) is 6.21 Å². The van der Waals surface area contributed by atoms with Gasteiger partial charge in [-0.05, 0) is 12.2 Å². The highest BCUT2D eigenvalue weighted by Crippen LogP contribution is 2.04. The van der Waals surface area contributed by atoms with Crippen molar-refractivity contribution in [1.29, 1.82) is 0 Å². The van der Waals surface area contributed by atoms with Crippen molar-refractivity contribution < 1.29 is 4.79 Å². The Bertz CT molecular complexity index is 278. The molecule has 0 aromatic rings. The lowest BCUT2D eigenvalue weighted by atomic mass is 10.1. The summed E-state index contributed by atoms with van der Waals surface area (Å²) in [4.78, 5) is 1.54. The number of hydrogen-bond donors (Lipinski definition) is 0. The minimum absolute atomic E-state index is 1.15. The van der Waals surface area contributed by atoms with Gasteiger partial charge in [-0.1, -0.05) is 6.08 Å². The van der Waals surface area contributed by atoms with E-state index in [9.17, 15) is 0 Å². The summed E-state index contributed by atoms with van der Waals surface area (Å²) in [6.45, 7) is 0. The van der Waals surface area contributed by atoms with E-state index >= 15 is 0 Å². The Kier molecular flexibility index (Phi) is 1.07. The molecule has 10 heavy (non-hydrogen) atoms. The topological polar surface area (TPSA) is 27.7 Å². The molecule has 3 nitrogen and oxygen atoms in total. The quantitative estimate of drug-likeness (QED) is 0.466. The zero-order chi connectivity index (χ0) is 6.81. The van der Waals surface area contributed by atoms with Gasteiger partial charge >= 0.3 is 0 Å².